The highest BCUT2D eigenvalue weighted by Gasteiger charge is 2.22. The molecule has 0 saturated carbocycles. The number of quaternary nitrogens is 1. The van der Waals surface area contributed by atoms with Crippen LogP contribution in [0.25, 0.3) is 0 Å². The van der Waals surface area contributed by atoms with Crippen LogP contribution in [0.3, 0.4) is 0 Å². The van der Waals surface area contributed by atoms with Gasteiger partial charge in [-0.2, -0.15) is 0 Å². The third-order valence-corrected chi connectivity index (χ3v) is 13.9. The fourth-order valence-electron chi connectivity index (χ4n) is 8.24. The van der Waals surface area contributed by atoms with Crippen molar-refractivity contribution in [1.29, 1.82) is 0 Å². The van der Waals surface area contributed by atoms with E-state index in [4.69, 9.17) is 18.5 Å². The molecule has 0 heterocycles. The van der Waals surface area contributed by atoms with Crippen LogP contribution in [0.4, 0.5) is 0 Å². The van der Waals surface area contributed by atoms with E-state index in [9.17, 15) is 19.0 Å². The third kappa shape index (κ3) is 58.5. The highest BCUT2D eigenvalue weighted by molar-refractivity contribution is 7.45. The van der Waals surface area contributed by atoms with Gasteiger partial charge in [0.05, 0.1) is 27.7 Å². The molecule has 0 amide bonds. The standard InChI is InChI=1S/C64H114NO8P/c1-6-8-10-12-14-16-18-20-21-22-23-24-25-26-27-28-29-30-31-32-33-34-35-36-37-38-39-40-41-42-43-45-47-49-51-53-55-57-64(67)73-62(61-72-74(68,69)71-59-58-65(3,4)5)60-70-63(66)56-54-52-50-48-46-44-19-17-15-13-11-9-7-2/h8,10,14,16-17,19-21,23-24,26-27,29-30,62H,6-7,9,11-13,15,18,22,25,28,31-61H2,1-5H3/b10-8-,16-14-,19-17-,21-20-,24-23-,27-26-,30-29-. The second-order valence-electron chi connectivity index (χ2n) is 21.3. The van der Waals surface area contributed by atoms with Crippen LogP contribution in [-0.4, -0.2) is 70.0 Å². The van der Waals surface area contributed by atoms with Gasteiger partial charge in [-0.3, -0.25) is 14.2 Å². The molecule has 0 saturated heterocycles. The molecule has 0 aliphatic rings. The molecule has 0 bridgehead atoms. The van der Waals surface area contributed by atoms with Crippen molar-refractivity contribution in [2.24, 2.45) is 0 Å². The number of carbonyl (C=O) groups excluding carboxylic acids is 2. The molecule has 0 aromatic rings. The van der Waals surface area contributed by atoms with Crippen LogP contribution in [0, 0.1) is 0 Å². The molecule has 2 unspecified atom stereocenters. The quantitative estimate of drug-likeness (QED) is 0.0195. The molecule has 0 aromatic carbocycles. The molecule has 0 fully saturated rings. The highest BCUT2D eigenvalue weighted by Crippen LogP contribution is 2.38. The van der Waals surface area contributed by atoms with Gasteiger partial charge in [0.25, 0.3) is 7.82 Å². The molecule has 9 nitrogen and oxygen atoms in total. The van der Waals surface area contributed by atoms with E-state index in [1.54, 1.807) is 0 Å². The largest absolute Gasteiger partial charge is 0.756 e. The Kier molecular flexibility index (Phi) is 52.9. The summed E-state index contributed by atoms with van der Waals surface area (Å²) in [4.78, 5) is 37.8. The molecule has 428 valence electrons. The molecule has 0 aromatic heterocycles. The van der Waals surface area contributed by atoms with Gasteiger partial charge in [-0.15, -0.1) is 0 Å². The van der Waals surface area contributed by atoms with E-state index in [1.807, 2.05) is 21.1 Å². The topological polar surface area (TPSA) is 111 Å². The molecule has 0 spiro atoms. The van der Waals surface area contributed by atoms with Crippen molar-refractivity contribution in [2.45, 2.75) is 264 Å². The van der Waals surface area contributed by atoms with Crippen molar-refractivity contribution >= 4 is 19.8 Å². The van der Waals surface area contributed by atoms with E-state index in [-0.39, 0.29) is 26.1 Å². The van der Waals surface area contributed by atoms with Gasteiger partial charge in [-0.25, -0.2) is 0 Å². The Labute approximate surface area is 456 Å². The van der Waals surface area contributed by atoms with E-state index in [2.05, 4.69) is 98.9 Å². The zero-order chi connectivity index (χ0) is 54.2. The Bertz CT molecular complexity index is 1520. The first-order valence-electron chi connectivity index (χ1n) is 30.3. The minimum atomic E-state index is -4.64. The molecule has 0 aliphatic heterocycles. The first-order valence-corrected chi connectivity index (χ1v) is 31.8. The maximum Gasteiger partial charge on any atom is 0.306 e. The molecular formula is C64H114NO8P. The van der Waals surface area contributed by atoms with Crippen LogP contribution in [0.5, 0.6) is 0 Å². The lowest BCUT2D eigenvalue weighted by Crippen LogP contribution is -2.37. The van der Waals surface area contributed by atoms with Gasteiger partial charge in [0.2, 0.25) is 0 Å². The lowest BCUT2D eigenvalue weighted by Gasteiger charge is -2.28. The van der Waals surface area contributed by atoms with E-state index in [1.165, 1.54) is 128 Å². The summed E-state index contributed by atoms with van der Waals surface area (Å²) in [5.41, 5.74) is 0. The summed E-state index contributed by atoms with van der Waals surface area (Å²) in [6.07, 6.45) is 73.7. The number of rotatable bonds is 55. The fraction of sp³-hybridized carbons (Fsp3) is 0.750. The lowest BCUT2D eigenvalue weighted by molar-refractivity contribution is -0.870. The highest BCUT2D eigenvalue weighted by atomic mass is 31.2. The van der Waals surface area contributed by atoms with E-state index in [0.29, 0.717) is 17.4 Å². The molecular weight excluding hydrogens is 942 g/mol. The van der Waals surface area contributed by atoms with Crippen LogP contribution in [0.1, 0.15) is 258 Å². The minimum absolute atomic E-state index is 0.0331. The van der Waals surface area contributed by atoms with Gasteiger partial charge >= 0.3 is 11.9 Å². The summed E-state index contributed by atoms with van der Waals surface area (Å²) in [7, 11) is 1.16. The van der Waals surface area contributed by atoms with Gasteiger partial charge in [0, 0.05) is 12.8 Å². The predicted molar refractivity (Wildman–Crippen MR) is 314 cm³/mol. The normalized spacial score (nSPS) is 13.9. The van der Waals surface area contributed by atoms with Gasteiger partial charge in [0.1, 0.15) is 19.8 Å². The van der Waals surface area contributed by atoms with Gasteiger partial charge in [-0.1, -0.05) is 240 Å². The second-order valence-corrected chi connectivity index (χ2v) is 22.7. The number of likely N-dealkylation sites (N-methyl/N-ethyl adjacent to an activating group) is 1. The smallest absolute Gasteiger partial charge is 0.306 e. The van der Waals surface area contributed by atoms with Crippen LogP contribution >= 0.6 is 7.82 Å². The molecule has 10 heteroatoms. The number of nitrogens with zero attached hydrogens (tertiary/aromatic N) is 1. The van der Waals surface area contributed by atoms with Gasteiger partial charge in [0.15, 0.2) is 6.10 Å². The average molecular weight is 1060 g/mol. The van der Waals surface area contributed by atoms with Crippen molar-refractivity contribution < 1.29 is 42.1 Å². The minimum Gasteiger partial charge on any atom is -0.756 e. The predicted octanol–water partition coefficient (Wildman–Crippen LogP) is 18.4. The molecule has 2 atom stereocenters. The molecule has 0 rings (SSSR count). The van der Waals surface area contributed by atoms with Crippen molar-refractivity contribution in [3.8, 4) is 0 Å². The van der Waals surface area contributed by atoms with Crippen molar-refractivity contribution in [3.63, 3.8) is 0 Å². The Balaban J connectivity index is 3.98. The molecule has 0 N–H and O–H groups in total. The average Bonchev–Trinajstić information content (AvgIpc) is 3.36. The van der Waals surface area contributed by atoms with Crippen molar-refractivity contribution in [2.75, 3.05) is 47.5 Å². The van der Waals surface area contributed by atoms with E-state index in [0.717, 1.165) is 96.3 Å². The number of carbonyl (C=O) groups is 2. The van der Waals surface area contributed by atoms with Crippen LogP contribution < -0.4 is 4.89 Å². The maximum absolute atomic E-state index is 12.8. The Hall–Kier alpha value is -2.81. The SMILES string of the molecule is CC/C=C\C/C=C\C/C=C\C/C=C\C/C=C\C/C=C\CCCCCCCCCCCCCCCCCCCCC(=O)OC(COC(=O)CCCCCCC/C=C\CCCCCC)COP(=O)([O-])OCC[N+](C)(C)C. The summed E-state index contributed by atoms with van der Waals surface area (Å²) >= 11 is 0. The first kappa shape index (κ1) is 71.2. The van der Waals surface area contributed by atoms with Crippen molar-refractivity contribution in [1.82, 2.24) is 0 Å². The fourth-order valence-corrected chi connectivity index (χ4v) is 8.97. The van der Waals surface area contributed by atoms with Crippen molar-refractivity contribution in [3.05, 3.63) is 85.1 Å². The van der Waals surface area contributed by atoms with E-state index >= 15 is 0 Å². The Morgan fingerprint density at radius 3 is 1.16 bits per heavy atom. The summed E-state index contributed by atoms with van der Waals surface area (Å²) in [6.45, 7) is 4.11. The summed E-state index contributed by atoms with van der Waals surface area (Å²) in [6, 6.07) is 0. The van der Waals surface area contributed by atoms with Crippen LogP contribution in [-0.2, 0) is 32.7 Å². The van der Waals surface area contributed by atoms with E-state index < -0.39 is 32.5 Å². The summed E-state index contributed by atoms with van der Waals surface area (Å²) in [5, 5.41) is 0. The monoisotopic (exact) mass is 1060 g/mol. The zero-order valence-electron chi connectivity index (χ0n) is 48.5. The second kappa shape index (κ2) is 55.0. The zero-order valence-corrected chi connectivity index (χ0v) is 49.4. The number of hydrogen-bond acceptors (Lipinski definition) is 8. The number of phosphoric ester groups is 1. The van der Waals surface area contributed by atoms with Gasteiger partial charge < -0.3 is 27.9 Å². The third-order valence-electron chi connectivity index (χ3n) is 12.9. The maximum atomic E-state index is 12.8. The number of unbranched alkanes of at least 4 members (excludes halogenated alkanes) is 27. The van der Waals surface area contributed by atoms with Gasteiger partial charge in [-0.05, 0) is 89.9 Å². The molecule has 0 radical (unpaired) electrons. The number of ether oxygens (including phenoxy) is 2. The van der Waals surface area contributed by atoms with Crippen LogP contribution in [0.2, 0.25) is 0 Å². The number of allylic oxidation sites excluding steroid dienone is 14. The Morgan fingerprint density at radius 2 is 0.770 bits per heavy atom. The first-order chi connectivity index (χ1) is 36.0. The van der Waals surface area contributed by atoms with Crippen LogP contribution in [0.15, 0.2) is 85.1 Å². The summed E-state index contributed by atoms with van der Waals surface area (Å²) in [5.74, 6) is -0.839. The summed E-state index contributed by atoms with van der Waals surface area (Å²) < 4.78 is 34.1. The molecule has 74 heavy (non-hydrogen) atoms. The number of hydrogen-bond donors (Lipinski definition) is 0. The molecule has 0 aliphatic carbocycles. The number of phosphoric acid groups is 1. The number of esters is 2. The lowest BCUT2D eigenvalue weighted by atomic mass is 10.0. The Morgan fingerprint density at radius 1 is 0.432 bits per heavy atom.